The fourth-order valence-electron chi connectivity index (χ4n) is 3.94. The highest BCUT2D eigenvalue weighted by atomic mass is 16.5. The number of aliphatic hydroxyl groups is 1. The van der Waals surface area contributed by atoms with Crippen LogP contribution in [0.4, 0.5) is 5.95 Å². The summed E-state index contributed by atoms with van der Waals surface area (Å²) in [5.41, 5.74) is 11.2. The molecule has 0 aliphatic rings. The van der Waals surface area contributed by atoms with Crippen LogP contribution in [-0.4, -0.2) is 22.4 Å². The van der Waals surface area contributed by atoms with Crippen LogP contribution in [0.2, 0.25) is 0 Å². The number of imidazole rings is 1. The van der Waals surface area contributed by atoms with Crippen molar-refractivity contribution >= 4 is 17.0 Å². The lowest BCUT2D eigenvalue weighted by Crippen LogP contribution is -2.38. The molecule has 32 heavy (non-hydrogen) atoms. The number of benzene rings is 3. The van der Waals surface area contributed by atoms with E-state index in [1.54, 1.807) is 0 Å². The van der Waals surface area contributed by atoms with Gasteiger partial charge in [0.15, 0.2) is 0 Å². The van der Waals surface area contributed by atoms with Gasteiger partial charge in [0.25, 0.3) is 0 Å². The summed E-state index contributed by atoms with van der Waals surface area (Å²) >= 11 is 0. The van der Waals surface area contributed by atoms with Crippen molar-refractivity contribution in [3.63, 3.8) is 0 Å². The number of nitrogen functional groups attached to an aromatic ring is 1. The third kappa shape index (κ3) is 4.78. The van der Waals surface area contributed by atoms with Gasteiger partial charge in [0.2, 0.25) is 0 Å². The number of hydrogen-bond donors (Lipinski definition) is 2. The van der Waals surface area contributed by atoms with Gasteiger partial charge in [-0.25, -0.2) is 9.13 Å². The highest BCUT2D eigenvalue weighted by molar-refractivity contribution is 5.74. The molecule has 4 aromatic rings. The van der Waals surface area contributed by atoms with Gasteiger partial charge >= 0.3 is 5.95 Å². The number of rotatable bonds is 7. The number of aromatic nitrogens is 2. The molecule has 5 heteroatoms. The largest absolute Gasteiger partial charge is 0.491 e. The van der Waals surface area contributed by atoms with Crippen LogP contribution in [0, 0.1) is 0 Å². The second-order valence-electron chi connectivity index (χ2n) is 9.27. The minimum absolute atomic E-state index is 0.124. The Kier molecular flexibility index (Phi) is 6.19. The van der Waals surface area contributed by atoms with E-state index in [1.807, 2.05) is 53.1 Å². The Morgan fingerprint density at radius 2 is 1.59 bits per heavy atom. The van der Waals surface area contributed by atoms with E-state index in [4.69, 9.17) is 10.5 Å². The van der Waals surface area contributed by atoms with E-state index in [0.29, 0.717) is 19.0 Å². The number of nitrogens with zero attached hydrogens (tertiary/aromatic N) is 2. The molecule has 0 unspecified atom stereocenters. The van der Waals surface area contributed by atoms with E-state index in [2.05, 4.69) is 55.7 Å². The number of fused-ring (bicyclic) bond motifs is 1. The van der Waals surface area contributed by atoms with E-state index in [1.165, 1.54) is 11.1 Å². The summed E-state index contributed by atoms with van der Waals surface area (Å²) in [6.45, 7) is 7.87. The Bertz CT molecular complexity index is 1180. The van der Waals surface area contributed by atoms with Crippen molar-refractivity contribution < 1.29 is 14.4 Å². The summed E-state index contributed by atoms with van der Waals surface area (Å²) in [7, 11) is 0. The van der Waals surface area contributed by atoms with E-state index < -0.39 is 6.10 Å². The van der Waals surface area contributed by atoms with Gasteiger partial charge in [-0.3, -0.25) is 5.73 Å². The predicted molar refractivity (Wildman–Crippen MR) is 129 cm³/mol. The molecule has 0 radical (unpaired) electrons. The molecular formula is C27H32N3O2+. The quantitative estimate of drug-likeness (QED) is 0.430. The maximum atomic E-state index is 10.6. The third-order valence-electron chi connectivity index (χ3n) is 5.76. The maximum Gasteiger partial charge on any atom is 0.356 e. The van der Waals surface area contributed by atoms with E-state index in [0.717, 1.165) is 16.8 Å². The van der Waals surface area contributed by atoms with Crippen LogP contribution < -0.4 is 15.0 Å². The minimum Gasteiger partial charge on any atom is -0.491 e. The van der Waals surface area contributed by atoms with Gasteiger partial charge in [-0.05, 0) is 40.8 Å². The Hall–Kier alpha value is -3.31. The van der Waals surface area contributed by atoms with Crippen LogP contribution in [0.15, 0.2) is 78.9 Å². The fraction of sp³-hybridized carbons (Fsp3) is 0.296. The highest BCUT2D eigenvalue weighted by Gasteiger charge is 2.23. The van der Waals surface area contributed by atoms with Crippen molar-refractivity contribution in [2.24, 2.45) is 0 Å². The zero-order valence-corrected chi connectivity index (χ0v) is 19.0. The van der Waals surface area contributed by atoms with Crippen LogP contribution >= 0.6 is 0 Å². The Balaban J connectivity index is 1.56. The van der Waals surface area contributed by atoms with Gasteiger partial charge in [0.05, 0.1) is 6.54 Å². The summed E-state index contributed by atoms with van der Waals surface area (Å²) in [6.07, 6.45) is -0.687. The number of hydrogen-bond acceptors (Lipinski definition) is 3. The molecule has 1 atom stereocenters. The van der Waals surface area contributed by atoms with Crippen molar-refractivity contribution in [3.05, 3.63) is 90.0 Å². The van der Waals surface area contributed by atoms with Crippen molar-refractivity contribution in [3.8, 4) is 5.75 Å². The summed E-state index contributed by atoms with van der Waals surface area (Å²) in [6, 6.07) is 26.4. The number of nitrogens with two attached hydrogens (primary N) is 1. The van der Waals surface area contributed by atoms with Crippen LogP contribution in [0.25, 0.3) is 11.0 Å². The highest BCUT2D eigenvalue weighted by Crippen LogP contribution is 2.23. The zero-order chi connectivity index (χ0) is 22.7. The van der Waals surface area contributed by atoms with Gasteiger partial charge in [-0.15, -0.1) is 0 Å². The predicted octanol–water partition coefficient (Wildman–Crippen LogP) is 4.30. The first-order valence-electron chi connectivity index (χ1n) is 11.0. The van der Waals surface area contributed by atoms with Crippen molar-refractivity contribution in [1.29, 1.82) is 0 Å². The monoisotopic (exact) mass is 430 g/mol. The molecule has 3 N–H and O–H groups in total. The fourth-order valence-corrected chi connectivity index (χ4v) is 3.94. The molecular weight excluding hydrogens is 398 g/mol. The molecule has 1 aromatic heterocycles. The molecule has 5 nitrogen and oxygen atoms in total. The normalized spacial score (nSPS) is 12.8. The molecule has 0 aliphatic carbocycles. The summed E-state index contributed by atoms with van der Waals surface area (Å²) in [5.74, 6) is 1.36. The van der Waals surface area contributed by atoms with Crippen LogP contribution in [-0.2, 0) is 18.5 Å². The van der Waals surface area contributed by atoms with Gasteiger partial charge in [-0.2, -0.15) is 0 Å². The molecule has 0 saturated carbocycles. The number of anilines is 1. The Morgan fingerprint density at radius 3 is 2.28 bits per heavy atom. The maximum absolute atomic E-state index is 10.6. The molecule has 3 aromatic carbocycles. The Labute approximate surface area is 189 Å². The second kappa shape index (κ2) is 9.05. The standard InChI is InChI=1S/C27H31N3O2/c1-27(2,3)21-15-13-20(14-16-21)17-29-24-11-7-8-12-25(24)30(26(29)28)18-22(31)19-32-23-9-5-4-6-10-23/h4-16,22,28,31H,17-19H2,1-3H3/p+1/t22-/m0/s1. The van der Waals surface area contributed by atoms with Gasteiger partial charge in [-0.1, -0.05) is 75.4 Å². The van der Waals surface area contributed by atoms with Crippen LogP contribution in [0.3, 0.4) is 0 Å². The number of para-hydroxylation sites is 3. The molecule has 4 rings (SSSR count). The van der Waals surface area contributed by atoms with Crippen LogP contribution in [0.5, 0.6) is 5.75 Å². The van der Waals surface area contributed by atoms with E-state index in [9.17, 15) is 5.11 Å². The lowest BCUT2D eigenvalue weighted by Gasteiger charge is -2.19. The molecule has 0 bridgehead atoms. The van der Waals surface area contributed by atoms with Crippen molar-refractivity contribution in [2.75, 3.05) is 12.3 Å². The smallest absolute Gasteiger partial charge is 0.356 e. The van der Waals surface area contributed by atoms with Gasteiger partial charge in [0, 0.05) is 0 Å². The topological polar surface area (TPSA) is 64.3 Å². The summed E-state index contributed by atoms with van der Waals surface area (Å²) < 4.78 is 9.80. The van der Waals surface area contributed by atoms with Crippen molar-refractivity contribution in [2.45, 2.75) is 45.4 Å². The van der Waals surface area contributed by atoms with E-state index >= 15 is 0 Å². The SMILES string of the molecule is CC(C)(C)c1ccc(C[n+]2c(N)n(C[C@H](O)COc3ccccc3)c3ccccc32)cc1. The van der Waals surface area contributed by atoms with E-state index in [-0.39, 0.29) is 12.0 Å². The van der Waals surface area contributed by atoms with Crippen molar-refractivity contribution in [1.82, 2.24) is 4.57 Å². The van der Waals surface area contributed by atoms with Gasteiger partial charge < -0.3 is 9.84 Å². The first kappa shape index (κ1) is 21.9. The molecule has 0 amide bonds. The first-order chi connectivity index (χ1) is 15.3. The number of ether oxygens (including phenoxy) is 1. The molecule has 0 saturated heterocycles. The molecule has 0 fully saturated rings. The second-order valence-corrected chi connectivity index (χ2v) is 9.27. The number of aliphatic hydroxyl groups excluding tert-OH is 1. The Morgan fingerprint density at radius 1 is 0.938 bits per heavy atom. The van der Waals surface area contributed by atoms with Crippen LogP contribution in [0.1, 0.15) is 31.9 Å². The third-order valence-corrected chi connectivity index (χ3v) is 5.76. The lowest BCUT2D eigenvalue weighted by molar-refractivity contribution is -0.648. The summed E-state index contributed by atoms with van der Waals surface area (Å²) in [4.78, 5) is 0. The summed E-state index contributed by atoms with van der Waals surface area (Å²) in [5, 5.41) is 10.6. The average molecular weight is 431 g/mol. The molecule has 0 aliphatic heterocycles. The van der Waals surface area contributed by atoms with Gasteiger partial charge in [0.1, 0.15) is 36.0 Å². The average Bonchev–Trinajstić information content (AvgIpc) is 3.04. The molecule has 0 spiro atoms. The molecule has 1 heterocycles. The first-order valence-corrected chi connectivity index (χ1v) is 11.0. The zero-order valence-electron chi connectivity index (χ0n) is 19.0. The molecule has 166 valence electrons. The lowest BCUT2D eigenvalue weighted by atomic mass is 9.87. The minimum atomic E-state index is -0.687.